The van der Waals surface area contributed by atoms with Crippen molar-refractivity contribution in [1.82, 2.24) is 15.1 Å². The maximum absolute atomic E-state index is 10.8. The predicted octanol–water partition coefficient (Wildman–Crippen LogP) is 5.37. The van der Waals surface area contributed by atoms with Gasteiger partial charge in [0.1, 0.15) is 5.69 Å². The molecule has 0 aliphatic heterocycles. The molecule has 1 heterocycles. The van der Waals surface area contributed by atoms with Gasteiger partial charge in [0.05, 0.1) is 11.0 Å². The number of hydrogen-bond donors (Lipinski definition) is 2. The first-order valence-electron chi connectivity index (χ1n) is 12.7. The van der Waals surface area contributed by atoms with Gasteiger partial charge in [-0.05, 0) is 40.5 Å². The van der Waals surface area contributed by atoms with Crippen LogP contribution in [0.2, 0.25) is 0 Å². The van der Waals surface area contributed by atoms with E-state index in [1.807, 2.05) is 82.0 Å². The summed E-state index contributed by atoms with van der Waals surface area (Å²) >= 11 is 0. The molecule has 0 spiro atoms. The third-order valence-corrected chi connectivity index (χ3v) is 4.88. The van der Waals surface area contributed by atoms with Gasteiger partial charge < -0.3 is 10.6 Å². The van der Waals surface area contributed by atoms with Crippen LogP contribution < -0.4 is 16.3 Å². The lowest BCUT2D eigenvalue weighted by Crippen LogP contribution is -2.29. The minimum Gasteiger partial charge on any atom is -0.397 e. The number of amides is 1. The van der Waals surface area contributed by atoms with Crippen molar-refractivity contribution in [2.45, 2.75) is 75.2 Å². The quantitative estimate of drug-likeness (QED) is 0.504. The Morgan fingerprint density at radius 1 is 1.06 bits per heavy atom. The number of nitrogens with zero attached hydrogens (tertiary/aromatic N) is 2. The lowest BCUT2D eigenvalue weighted by molar-refractivity contribution is -0.128. The molecular formula is C30H48N4O2. The van der Waals surface area contributed by atoms with E-state index in [1.165, 1.54) is 5.56 Å². The highest BCUT2D eigenvalue weighted by atomic mass is 16.2. The van der Waals surface area contributed by atoms with E-state index in [2.05, 4.69) is 30.6 Å². The molecule has 0 saturated heterocycles. The molecule has 6 nitrogen and oxygen atoms in total. The van der Waals surface area contributed by atoms with E-state index in [1.54, 1.807) is 19.9 Å². The highest BCUT2D eigenvalue weighted by Crippen LogP contribution is 2.02. The van der Waals surface area contributed by atoms with Crippen LogP contribution in [0.15, 0.2) is 43.0 Å². The van der Waals surface area contributed by atoms with Gasteiger partial charge in [0.2, 0.25) is 5.91 Å². The van der Waals surface area contributed by atoms with Crippen LogP contribution in [0.25, 0.3) is 17.8 Å². The number of aromatic nitrogens is 2. The van der Waals surface area contributed by atoms with Crippen LogP contribution in [-0.2, 0) is 4.79 Å². The van der Waals surface area contributed by atoms with Crippen LogP contribution in [0.1, 0.15) is 89.8 Å². The van der Waals surface area contributed by atoms with Crippen LogP contribution in [0, 0.1) is 6.92 Å². The monoisotopic (exact) mass is 496 g/mol. The van der Waals surface area contributed by atoms with Crippen molar-refractivity contribution in [2.24, 2.45) is 5.73 Å². The molecule has 2 rings (SSSR count). The zero-order valence-electron chi connectivity index (χ0n) is 23.9. The van der Waals surface area contributed by atoms with Gasteiger partial charge >= 0.3 is 0 Å². The smallest absolute Gasteiger partial charge is 0.219 e. The van der Waals surface area contributed by atoms with Crippen molar-refractivity contribution in [3.8, 4) is 0 Å². The summed E-state index contributed by atoms with van der Waals surface area (Å²) in [5.74, 6) is 0.323. The van der Waals surface area contributed by atoms with E-state index in [0.29, 0.717) is 5.70 Å². The summed E-state index contributed by atoms with van der Waals surface area (Å²) in [6, 6.07) is 7.57. The zero-order chi connectivity index (χ0) is 28.1. The number of nitrogens with one attached hydrogen (secondary N) is 1. The summed E-state index contributed by atoms with van der Waals surface area (Å²) in [7, 11) is 0. The maximum Gasteiger partial charge on any atom is 0.219 e. The summed E-state index contributed by atoms with van der Waals surface area (Å²) < 4.78 is 0. The molecule has 6 heteroatoms. The molecule has 200 valence electrons. The number of allylic oxidation sites excluding steroid dienone is 2. The molecule has 0 atom stereocenters. The largest absolute Gasteiger partial charge is 0.397 e. The van der Waals surface area contributed by atoms with Gasteiger partial charge in [0, 0.05) is 30.8 Å². The Morgan fingerprint density at radius 2 is 1.58 bits per heavy atom. The Morgan fingerprint density at radius 3 is 1.94 bits per heavy atom. The predicted molar refractivity (Wildman–Crippen MR) is 156 cm³/mol. The second kappa shape index (κ2) is 20.9. The highest BCUT2D eigenvalue weighted by Gasteiger charge is 2.04. The molecule has 1 aromatic carbocycles. The number of benzene rings is 1. The fraction of sp³-hybridized carbons (Fsp3) is 0.433. The van der Waals surface area contributed by atoms with Crippen LogP contribution >= 0.6 is 0 Å². The number of rotatable bonds is 7. The molecule has 0 unspecified atom stereocenters. The van der Waals surface area contributed by atoms with Gasteiger partial charge in [-0.15, -0.1) is 0 Å². The summed E-state index contributed by atoms with van der Waals surface area (Å²) in [5, 5.41) is 9.01. The van der Waals surface area contributed by atoms with Gasteiger partial charge in [-0.3, -0.25) is 14.7 Å². The fourth-order valence-electron chi connectivity index (χ4n) is 2.98. The van der Waals surface area contributed by atoms with E-state index in [0.717, 1.165) is 47.8 Å². The second-order valence-electron chi connectivity index (χ2n) is 7.76. The zero-order valence-corrected chi connectivity index (χ0v) is 23.9. The molecule has 0 bridgehead atoms. The number of Topliss-reactive ketones (excluding diaryl/α,β-unsaturated/α-hetero) is 1. The van der Waals surface area contributed by atoms with E-state index >= 15 is 0 Å². The Labute approximate surface area is 218 Å². The molecule has 36 heavy (non-hydrogen) atoms. The van der Waals surface area contributed by atoms with Gasteiger partial charge in [-0.25, -0.2) is 0 Å². The molecule has 1 amide bonds. The van der Waals surface area contributed by atoms with Crippen molar-refractivity contribution in [1.29, 1.82) is 0 Å². The summed E-state index contributed by atoms with van der Waals surface area (Å²) in [6.45, 7) is 22.7. The number of carbonyl (C=O) groups excluding carboxylic acids is 2. The molecule has 0 saturated carbocycles. The highest BCUT2D eigenvalue weighted by molar-refractivity contribution is 5.93. The van der Waals surface area contributed by atoms with Crippen LogP contribution in [-0.4, -0.2) is 39.9 Å². The van der Waals surface area contributed by atoms with Crippen molar-refractivity contribution in [3.63, 3.8) is 0 Å². The lowest BCUT2D eigenvalue weighted by Gasteiger charge is -2.18. The summed E-state index contributed by atoms with van der Waals surface area (Å²) in [5.41, 5.74) is 9.22. The van der Waals surface area contributed by atoms with Crippen molar-refractivity contribution in [3.05, 3.63) is 70.4 Å². The van der Waals surface area contributed by atoms with E-state index in [4.69, 9.17) is 5.73 Å². The third-order valence-electron chi connectivity index (χ3n) is 4.88. The number of H-pyrrole nitrogens is 1. The minimum absolute atomic E-state index is 0.125. The third kappa shape index (κ3) is 13.5. The topological polar surface area (TPSA) is 92.1 Å². The average Bonchev–Trinajstić information content (AvgIpc) is 3.28. The standard InChI is InChI=1S/C11H15N3.C9H10O.C8H17NO.C2H6/c1-4-7-8-10(6-3)13-14-11(8)9(12)5-2;1-7-3-5-9(6-4-7)8(2)10;1-4-6-9(7-5-2)8(3)10;1-2/h4-7,13H,1,12H2,2-3H3;3-6H,1-2H3;4-7H2,1-3H3;1-2H3/b8-7+,9-5-,10-6+;;;. The number of aryl methyl sites for hydroxylation is 1. The molecule has 0 aliphatic carbocycles. The summed E-state index contributed by atoms with van der Waals surface area (Å²) in [6.07, 6.45) is 9.51. The van der Waals surface area contributed by atoms with Crippen molar-refractivity contribution < 1.29 is 9.59 Å². The lowest BCUT2D eigenvalue weighted by atomic mass is 10.1. The van der Waals surface area contributed by atoms with Crippen LogP contribution in [0.5, 0.6) is 0 Å². The molecular weight excluding hydrogens is 448 g/mol. The second-order valence-corrected chi connectivity index (χ2v) is 7.76. The van der Waals surface area contributed by atoms with Gasteiger partial charge in [0.25, 0.3) is 0 Å². The molecule has 3 N–H and O–H groups in total. The average molecular weight is 497 g/mol. The summed E-state index contributed by atoms with van der Waals surface area (Å²) in [4.78, 5) is 23.5. The van der Waals surface area contributed by atoms with Gasteiger partial charge in [-0.2, -0.15) is 5.10 Å². The maximum atomic E-state index is 10.8. The SMILES string of the molecule is C=C/C=c1/c(/C(N)=C/C)n[nH]/c1=C/C.CC.CC(=O)c1ccc(C)cc1.CCCN(CCC)C(C)=O. The van der Waals surface area contributed by atoms with E-state index < -0.39 is 0 Å². The Kier molecular flexibility index (Phi) is 20.2. The van der Waals surface area contributed by atoms with Crippen molar-refractivity contribution >= 4 is 29.5 Å². The van der Waals surface area contributed by atoms with Crippen LogP contribution in [0.3, 0.4) is 0 Å². The first kappa shape index (κ1) is 34.8. The number of ketones is 1. The number of hydrogen-bond acceptors (Lipinski definition) is 4. The number of carbonyl (C=O) groups is 2. The molecule has 0 aliphatic rings. The molecule has 2 aromatic rings. The number of aromatic amines is 1. The minimum atomic E-state index is 0.125. The first-order chi connectivity index (χ1) is 17.2. The molecule has 1 aromatic heterocycles. The van der Waals surface area contributed by atoms with Crippen LogP contribution in [0.4, 0.5) is 0 Å². The van der Waals surface area contributed by atoms with Crippen molar-refractivity contribution in [2.75, 3.05) is 13.1 Å². The molecule has 0 radical (unpaired) electrons. The van der Waals surface area contributed by atoms with Gasteiger partial charge in [-0.1, -0.05) is 88.4 Å². The Bertz CT molecular complexity index is 1040. The van der Waals surface area contributed by atoms with E-state index in [9.17, 15) is 9.59 Å². The molecule has 0 fully saturated rings. The Hall–Kier alpha value is -3.41. The Balaban J connectivity index is 0. The van der Waals surface area contributed by atoms with Gasteiger partial charge in [0.15, 0.2) is 5.78 Å². The fourth-order valence-corrected chi connectivity index (χ4v) is 2.98. The first-order valence-corrected chi connectivity index (χ1v) is 12.7. The number of nitrogens with two attached hydrogens (primary N) is 1. The normalized spacial score (nSPS) is 11.2. The van der Waals surface area contributed by atoms with E-state index in [-0.39, 0.29) is 11.7 Å².